The lowest BCUT2D eigenvalue weighted by Crippen LogP contribution is -2.64. The average Bonchev–Trinajstić information content (AvgIpc) is 2.93. The summed E-state index contributed by atoms with van der Waals surface area (Å²) in [5.74, 6) is 0. The van der Waals surface area contributed by atoms with Gasteiger partial charge in [0.05, 0.1) is 22.7 Å². The number of urea groups is 2. The molecule has 4 amide bonds. The first-order valence-corrected chi connectivity index (χ1v) is 11.8. The van der Waals surface area contributed by atoms with Crippen LogP contribution in [-0.4, -0.2) is 24.2 Å². The molecule has 5 rings (SSSR count). The molecular formula is C30H20N4O4. The number of carbonyl (C=O) groups excluding carboxylic acids is 4. The maximum Gasteiger partial charge on any atom is 0.345 e. The van der Waals surface area contributed by atoms with Gasteiger partial charge in [0, 0.05) is 0 Å². The van der Waals surface area contributed by atoms with Gasteiger partial charge in [-0.2, -0.15) is 9.98 Å². The minimum Gasteiger partial charge on any atom is -0.246 e. The van der Waals surface area contributed by atoms with Crippen LogP contribution < -0.4 is 9.80 Å². The van der Waals surface area contributed by atoms with Crippen LogP contribution in [0.25, 0.3) is 0 Å². The van der Waals surface area contributed by atoms with Crippen molar-refractivity contribution < 1.29 is 19.2 Å². The highest BCUT2D eigenvalue weighted by atomic mass is 16.2. The van der Waals surface area contributed by atoms with Gasteiger partial charge in [0.1, 0.15) is 0 Å². The molecule has 8 nitrogen and oxygen atoms in total. The molecule has 1 aliphatic rings. The zero-order valence-electron chi connectivity index (χ0n) is 20.1. The van der Waals surface area contributed by atoms with Crippen LogP contribution in [0, 0.1) is 0 Å². The van der Waals surface area contributed by atoms with Gasteiger partial charge in [0.15, 0.2) is 0 Å². The Bertz CT molecular complexity index is 1450. The maximum atomic E-state index is 12.9. The number of imide groups is 2. The van der Waals surface area contributed by atoms with E-state index in [0.29, 0.717) is 35.6 Å². The molecule has 0 saturated carbocycles. The zero-order valence-corrected chi connectivity index (χ0v) is 20.1. The molecular weight excluding hydrogens is 480 g/mol. The Morgan fingerprint density at radius 3 is 1.05 bits per heavy atom. The van der Waals surface area contributed by atoms with Crippen LogP contribution in [-0.2, 0) is 22.4 Å². The molecule has 1 saturated heterocycles. The molecule has 0 bridgehead atoms. The van der Waals surface area contributed by atoms with E-state index in [1.807, 2.05) is 48.5 Å². The van der Waals surface area contributed by atoms with Crippen molar-refractivity contribution in [2.45, 2.75) is 12.8 Å². The van der Waals surface area contributed by atoms with Gasteiger partial charge in [-0.05, 0) is 83.6 Å². The molecule has 8 heteroatoms. The van der Waals surface area contributed by atoms with Gasteiger partial charge in [-0.15, -0.1) is 0 Å². The van der Waals surface area contributed by atoms with E-state index < -0.39 is 12.1 Å². The van der Waals surface area contributed by atoms with E-state index in [-0.39, 0.29) is 0 Å². The molecule has 4 aromatic rings. The van der Waals surface area contributed by atoms with Crippen molar-refractivity contribution in [1.29, 1.82) is 0 Å². The Kier molecular flexibility index (Phi) is 6.83. The number of aliphatic imine (C=N–C) groups is 2. The van der Waals surface area contributed by atoms with Crippen LogP contribution >= 0.6 is 0 Å². The van der Waals surface area contributed by atoms with Crippen LogP contribution in [0.4, 0.5) is 32.3 Å². The van der Waals surface area contributed by atoms with E-state index in [0.717, 1.165) is 32.1 Å². The number of hydrogen-bond acceptors (Lipinski definition) is 6. The Morgan fingerprint density at radius 2 is 0.763 bits per heavy atom. The van der Waals surface area contributed by atoms with E-state index in [1.165, 1.54) is 12.2 Å². The lowest BCUT2D eigenvalue weighted by Gasteiger charge is -2.38. The SMILES string of the molecule is O=C=Nc1ccc(Cc2ccc(N3C(=O)N(c4ccc(Cc5ccc(N=C=O)cc5)cc4)C3=O)cc2)cc1. The second-order valence-electron chi connectivity index (χ2n) is 8.66. The largest absolute Gasteiger partial charge is 0.345 e. The third kappa shape index (κ3) is 5.08. The van der Waals surface area contributed by atoms with Crippen molar-refractivity contribution in [3.05, 3.63) is 119 Å². The maximum absolute atomic E-state index is 12.9. The monoisotopic (exact) mass is 500 g/mol. The minimum atomic E-state index is -0.409. The molecule has 1 heterocycles. The van der Waals surface area contributed by atoms with Gasteiger partial charge < -0.3 is 0 Å². The number of nitrogens with zero attached hydrogens (tertiary/aromatic N) is 4. The number of carbonyl (C=O) groups is 2. The zero-order chi connectivity index (χ0) is 26.5. The van der Waals surface area contributed by atoms with E-state index in [2.05, 4.69) is 9.98 Å². The summed E-state index contributed by atoms with van der Waals surface area (Å²) in [6.07, 6.45) is 4.35. The predicted octanol–water partition coefficient (Wildman–Crippen LogP) is 6.37. The summed E-state index contributed by atoms with van der Waals surface area (Å²) in [6.45, 7) is 0. The van der Waals surface area contributed by atoms with Crippen LogP contribution in [0.2, 0.25) is 0 Å². The summed E-state index contributed by atoms with van der Waals surface area (Å²) in [4.78, 5) is 55.9. The normalized spacial score (nSPS) is 12.4. The van der Waals surface area contributed by atoms with Crippen molar-refractivity contribution in [2.24, 2.45) is 9.98 Å². The van der Waals surface area contributed by atoms with Gasteiger partial charge in [0.2, 0.25) is 12.2 Å². The Hall–Kier alpha value is -5.42. The summed E-state index contributed by atoms with van der Waals surface area (Å²) < 4.78 is 0. The van der Waals surface area contributed by atoms with E-state index >= 15 is 0 Å². The lowest BCUT2D eigenvalue weighted by molar-refractivity contribution is 0.226. The average molecular weight is 501 g/mol. The Balaban J connectivity index is 1.21. The third-order valence-corrected chi connectivity index (χ3v) is 6.19. The van der Waals surface area contributed by atoms with E-state index in [4.69, 9.17) is 0 Å². The van der Waals surface area contributed by atoms with Crippen molar-refractivity contribution in [3.63, 3.8) is 0 Å². The second kappa shape index (κ2) is 10.7. The minimum absolute atomic E-state index is 0.409. The Labute approximate surface area is 218 Å². The number of hydrogen-bond donors (Lipinski definition) is 0. The van der Waals surface area contributed by atoms with Gasteiger partial charge in [-0.25, -0.2) is 29.0 Å². The molecule has 0 spiro atoms. The van der Waals surface area contributed by atoms with E-state index in [9.17, 15) is 19.2 Å². The van der Waals surface area contributed by atoms with Crippen molar-refractivity contribution in [1.82, 2.24) is 0 Å². The quantitative estimate of drug-likeness (QED) is 0.207. The van der Waals surface area contributed by atoms with Gasteiger partial charge >= 0.3 is 12.1 Å². The fourth-order valence-corrected chi connectivity index (χ4v) is 4.24. The van der Waals surface area contributed by atoms with Crippen LogP contribution in [0.1, 0.15) is 22.3 Å². The van der Waals surface area contributed by atoms with Crippen molar-refractivity contribution in [3.8, 4) is 0 Å². The molecule has 0 atom stereocenters. The second-order valence-corrected chi connectivity index (χ2v) is 8.66. The van der Waals surface area contributed by atoms with Gasteiger partial charge in [0.25, 0.3) is 0 Å². The number of anilines is 2. The summed E-state index contributed by atoms with van der Waals surface area (Å²) in [5.41, 5.74) is 6.22. The third-order valence-electron chi connectivity index (χ3n) is 6.19. The van der Waals surface area contributed by atoms with Crippen molar-refractivity contribution in [2.75, 3.05) is 9.80 Å². The smallest absolute Gasteiger partial charge is 0.246 e. The molecule has 0 unspecified atom stereocenters. The highest BCUT2D eigenvalue weighted by molar-refractivity contribution is 6.41. The number of isocyanates is 2. The fraction of sp³-hybridized carbons (Fsp3) is 0.0667. The molecule has 4 aromatic carbocycles. The number of benzene rings is 4. The molecule has 0 N–H and O–H groups in total. The Morgan fingerprint density at radius 1 is 0.474 bits per heavy atom. The highest BCUT2D eigenvalue weighted by Crippen LogP contribution is 2.31. The topological polar surface area (TPSA) is 99.5 Å². The first-order valence-electron chi connectivity index (χ1n) is 11.8. The molecule has 0 aliphatic carbocycles. The molecule has 0 radical (unpaired) electrons. The first kappa shape index (κ1) is 24.3. The van der Waals surface area contributed by atoms with E-state index in [1.54, 1.807) is 48.5 Å². The van der Waals surface area contributed by atoms with Gasteiger partial charge in [-0.3, -0.25) is 0 Å². The molecule has 1 aliphatic heterocycles. The molecule has 0 aromatic heterocycles. The van der Waals surface area contributed by atoms with Gasteiger partial charge in [-0.1, -0.05) is 48.5 Å². The summed E-state index contributed by atoms with van der Waals surface area (Å²) in [5, 5.41) is 0. The van der Waals surface area contributed by atoms with Crippen molar-refractivity contribution >= 4 is 47.0 Å². The van der Waals surface area contributed by atoms with Crippen LogP contribution in [0.5, 0.6) is 0 Å². The number of rotatable bonds is 8. The highest BCUT2D eigenvalue weighted by Gasteiger charge is 2.45. The molecule has 184 valence electrons. The van der Waals surface area contributed by atoms with Crippen LogP contribution in [0.3, 0.4) is 0 Å². The first-order chi connectivity index (χ1) is 18.6. The van der Waals surface area contributed by atoms with Crippen LogP contribution in [0.15, 0.2) is 107 Å². The standard InChI is InChI=1S/C30H20N4O4/c35-19-31-25-9-1-21(2-10-25)17-23-5-13-27(14-6-23)33-29(37)34(30(33)38)28-15-7-24(8-16-28)18-22-3-11-26(12-4-22)32-20-36/h1-16H,17-18H2. The molecule has 38 heavy (non-hydrogen) atoms. The summed E-state index contributed by atoms with van der Waals surface area (Å²) in [6, 6.07) is 28.2. The summed E-state index contributed by atoms with van der Waals surface area (Å²) in [7, 11) is 0. The molecule has 1 fully saturated rings. The summed E-state index contributed by atoms with van der Waals surface area (Å²) >= 11 is 0. The predicted molar refractivity (Wildman–Crippen MR) is 143 cm³/mol. The number of amides is 4. The lowest BCUT2D eigenvalue weighted by atomic mass is 10.0. The fourth-order valence-electron chi connectivity index (χ4n) is 4.24.